The number of methoxy groups -OCH3 is 1. The Morgan fingerprint density at radius 1 is 1.11 bits per heavy atom. The van der Waals surface area contributed by atoms with Crippen LogP contribution in [0.4, 0.5) is 0 Å². The van der Waals surface area contributed by atoms with Crippen LogP contribution in [0.25, 0.3) is 5.76 Å². The van der Waals surface area contributed by atoms with Crippen molar-refractivity contribution >= 4 is 17.4 Å². The lowest BCUT2D eigenvalue weighted by molar-refractivity contribution is -0.907. The molecule has 0 radical (unpaired) electrons. The molecule has 4 rings (SSSR count). The van der Waals surface area contributed by atoms with Crippen molar-refractivity contribution in [1.82, 2.24) is 4.90 Å². The van der Waals surface area contributed by atoms with E-state index < -0.39 is 23.5 Å². The fourth-order valence-electron chi connectivity index (χ4n) is 4.44. The Labute approximate surface area is 205 Å². The van der Waals surface area contributed by atoms with Crippen LogP contribution >= 0.6 is 0 Å². The monoisotopic (exact) mass is 478 g/mol. The van der Waals surface area contributed by atoms with Gasteiger partial charge in [-0.1, -0.05) is 42.7 Å². The third-order valence-corrected chi connectivity index (χ3v) is 6.35. The molecule has 2 aliphatic heterocycles. The van der Waals surface area contributed by atoms with Gasteiger partial charge in [-0.25, -0.2) is 0 Å². The second-order valence-electron chi connectivity index (χ2n) is 8.48. The van der Waals surface area contributed by atoms with Crippen molar-refractivity contribution in [3.63, 3.8) is 0 Å². The van der Waals surface area contributed by atoms with E-state index in [1.807, 2.05) is 0 Å². The molecule has 2 aliphatic rings. The van der Waals surface area contributed by atoms with E-state index in [4.69, 9.17) is 14.2 Å². The number of ketones is 1. The van der Waals surface area contributed by atoms with Gasteiger partial charge >= 0.3 is 0 Å². The van der Waals surface area contributed by atoms with Crippen molar-refractivity contribution in [1.29, 1.82) is 0 Å². The zero-order chi connectivity index (χ0) is 24.8. The molecule has 8 nitrogen and oxygen atoms in total. The van der Waals surface area contributed by atoms with Crippen LogP contribution in [-0.2, 0) is 14.3 Å². The average molecular weight is 479 g/mol. The van der Waals surface area contributed by atoms with E-state index in [1.165, 1.54) is 9.80 Å². The number of likely N-dealkylation sites (tertiary alicyclic amines) is 1. The predicted molar refractivity (Wildman–Crippen MR) is 128 cm³/mol. The third-order valence-electron chi connectivity index (χ3n) is 6.35. The van der Waals surface area contributed by atoms with Crippen LogP contribution in [0.3, 0.4) is 0 Å². The van der Waals surface area contributed by atoms with E-state index in [0.717, 1.165) is 13.1 Å². The molecular formula is C27H30N2O6. The standard InChI is InChI=1S/C27H30N2O6/c1-3-16-35-22-10-6-20(7-11-22)25(30)23-24(19-4-8-21(33-2)9-5-19)29(27(32)26(23)31)13-12-28-14-17-34-18-15-28/h3-11,24,30H,1,12-18H2,2H3. The molecule has 1 unspecified atom stereocenters. The van der Waals surface area contributed by atoms with Gasteiger partial charge in [0.1, 0.15) is 31.2 Å². The zero-order valence-corrected chi connectivity index (χ0v) is 19.8. The van der Waals surface area contributed by atoms with E-state index in [0.29, 0.717) is 55.5 Å². The first-order chi connectivity index (χ1) is 17.0. The number of hydrogen-bond donors (Lipinski definition) is 1. The summed E-state index contributed by atoms with van der Waals surface area (Å²) in [6, 6.07) is 12.9. The number of nitrogens with zero attached hydrogens (tertiary/aromatic N) is 1. The van der Waals surface area contributed by atoms with Gasteiger partial charge in [-0.05, 0) is 35.4 Å². The van der Waals surface area contributed by atoms with Gasteiger partial charge in [0.15, 0.2) is 0 Å². The molecule has 0 aromatic heterocycles. The quantitative estimate of drug-likeness (QED) is 0.243. The minimum atomic E-state index is -0.759. The lowest BCUT2D eigenvalue weighted by atomic mass is 9.95. The molecule has 2 fully saturated rings. The minimum Gasteiger partial charge on any atom is -0.872 e. The minimum absolute atomic E-state index is 0.0306. The lowest BCUT2D eigenvalue weighted by Crippen LogP contribution is -3.14. The molecule has 8 heteroatoms. The Balaban J connectivity index is 1.69. The largest absolute Gasteiger partial charge is 0.872 e. The molecule has 0 bridgehead atoms. The molecule has 0 saturated carbocycles. The van der Waals surface area contributed by atoms with Gasteiger partial charge in [-0.3, -0.25) is 9.59 Å². The van der Waals surface area contributed by atoms with Crippen molar-refractivity contribution in [2.45, 2.75) is 6.04 Å². The third kappa shape index (κ3) is 5.39. The number of carbonyl (C=O) groups excluding carboxylic acids is 2. The molecule has 1 atom stereocenters. The summed E-state index contributed by atoms with van der Waals surface area (Å²) in [6.45, 7) is 8.04. The Morgan fingerprint density at radius 3 is 2.40 bits per heavy atom. The molecule has 0 aliphatic carbocycles. The molecule has 2 saturated heterocycles. The fraction of sp³-hybridized carbons (Fsp3) is 0.333. The summed E-state index contributed by atoms with van der Waals surface area (Å²) in [5, 5.41) is 13.5. The summed E-state index contributed by atoms with van der Waals surface area (Å²) < 4.78 is 16.2. The summed E-state index contributed by atoms with van der Waals surface area (Å²) in [6.07, 6.45) is 1.63. The van der Waals surface area contributed by atoms with Crippen molar-refractivity contribution < 1.29 is 33.8 Å². The molecule has 184 valence electrons. The van der Waals surface area contributed by atoms with Crippen molar-refractivity contribution in [3.05, 3.63) is 77.9 Å². The highest BCUT2D eigenvalue weighted by atomic mass is 16.5. The molecule has 2 aromatic carbocycles. The highest BCUT2D eigenvalue weighted by molar-refractivity contribution is 6.46. The number of benzene rings is 2. The van der Waals surface area contributed by atoms with Gasteiger partial charge in [0.05, 0.1) is 39.5 Å². The highest BCUT2D eigenvalue weighted by Crippen LogP contribution is 2.39. The van der Waals surface area contributed by atoms with E-state index in [-0.39, 0.29) is 5.57 Å². The summed E-state index contributed by atoms with van der Waals surface area (Å²) >= 11 is 0. The Hall–Kier alpha value is -3.62. The van der Waals surface area contributed by atoms with Crippen molar-refractivity contribution in [2.24, 2.45) is 0 Å². The second kappa shape index (κ2) is 11.2. The number of carbonyl (C=O) groups is 2. The Bertz CT molecular complexity index is 1090. The Morgan fingerprint density at radius 2 is 1.77 bits per heavy atom. The van der Waals surface area contributed by atoms with Gasteiger partial charge in [-0.2, -0.15) is 0 Å². The van der Waals surface area contributed by atoms with Gasteiger partial charge in [0.2, 0.25) is 5.78 Å². The van der Waals surface area contributed by atoms with E-state index in [9.17, 15) is 14.7 Å². The maximum Gasteiger partial charge on any atom is 0.295 e. The Kier molecular flexibility index (Phi) is 7.84. The predicted octanol–water partition coefficient (Wildman–Crippen LogP) is 0.399. The zero-order valence-electron chi connectivity index (χ0n) is 19.8. The summed E-state index contributed by atoms with van der Waals surface area (Å²) in [5.74, 6) is -0.619. The molecule has 2 heterocycles. The first-order valence-corrected chi connectivity index (χ1v) is 11.7. The molecule has 35 heavy (non-hydrogen) atoms. The number of morpholine rings is 1. The number of amides is 1. The number of nitrogens with one attached hydrogen (secondary N) is 1. The van der Waals surface area contributed by atoms with Gasteiger partial charge in [-0.15, -0.1) is 0 Å². The fourth-order valence-corrected chi connectivity index (χ4v) is 4.44. The number of hydrogen-bond acceptors (Lipinski definition) is 6. The first-order valence-electron chi connectivity index (χ1n) is 11.7. The van der Waals surface area contributed by atoms with Crippen LogP contribution in [-0.4, -0.2) is 69.7 Å². The normalized spacial score (nSPS) is 20.1. The number of Topliss-reactive ketones (excluding diaryl/α,β-unsaturated/α-hetero) is 1. The second-order valence-corrected chi connectivity index (χ2v) is 8.48. The first kappa shape index (κ1) is 24.5. The SMILES string of the molecule is C=CCOc1ccc(C([O-])=C2C(=O)C(=O)N(CC[NH+]3CCOCC3)C2c2ccc(OC)cc2)cc1. The van der Waals surface area contributed by atoms with E-state index >= 15 is 0 Å². The van der Waals surface area contributed by atoms with Gasteiger partial charge < -0.3 is 29.1 Å². The molecular weight excluding hydrogens is 448 g/mol. The molecule has 1 N–H and O–H groups in total. The van der Waals surface area contributed by atoms with Crippen LogP contribution < -0.4 is 19.5 Å². The van der Waals surface area contributed by atoms with E-state index in [2.05, 4.69) is 6.58 Å². The van der Waals surface area contributed by atoms with E-state index in [1.54, 1.807) is 61.7 Å². The van der Waals surface area contributed by atoms with Crippen LogP contribution in [0.1, 0.15) is 17.2 Å². The summed E-state index contributed by atoms with van der Waals surface area (Å²) in [7, 11) is 1.57. The molecule has 0 spiro atoms. The van der Waals surface area contributed by atoms with Crippen LogP contribution in [0.2, 0.25) is 0 Å². The topological polar surface area (TPSA) is 92.6 Å². The van der Waals surface area contributed by atoms with Gasteiger partial charge in [0, 0.05) is 5.57 Å². The van der Waals surface area contributed by atoms with Gasteiger partial charge in [0.25, 0.3) is 5.91 Å². The maximum absolute atomic E-state index is 13.5. The summed E-state index contributed by atoms with van der Waals surface area (Å²) in [5.41, 5.74) is 0.986. The van der Waals surface area contributed by atoms with Crippen molar-refractivity contribution in [3.8, 4) is 11.5 Å². The molecule has 2 aromatic rings. The number of quaternary nitrogens is 1. The number of rotatable bonds is 9. The molecule has 1 amide bonds. The maximum atomic E-state index is 13.5. The van der Waals surface area contributed by atoms with Crippen LogP contribution in [0.15, 0.2) is 66.8 Å². The van der Waals surface area contributed by atoms with Crippen LogP contribution in [0, 0.1) is 0 Å². The smallest absolute Gasteiger partial charge is 0.295 e. The average Bonchev–Trinajstić information content (AvgIpc) is 3.16. The van der Waals surface area contributed by atoms with Crippen molar-refractivity contribution in [2.75, 3.05) is 53.1 Å². The summed E-state index contributed by atoms with van der Waals surface area (Å²) in [4.78, 5) is 29.1. The lowest BCUT2D eigenvalue weighted by Gasteiger charge is -2.30. The van der Waals surface area contributed by atoms with Crippen LogP contribution in [0.5, 0.6) is 11.5 Å². The number of ether oxygens (including phenoxy) is 3. The highest BCUT2D eigenvalue weighted by Gasteiger charge is 2.44.